The molecule has 4 atom stereocenters. The van der Waals surface area contributed by atoms with Crippen molar-refractivity contribution in [1.29, 1.82) is 0 Å². The van der Waals surface area contributed by atoms with Crippen LogP contribution in [0.15, 0.2) is 36.4 Å². The van der Waals surface area contributed by atoms with Crippen LogP contribution < -0.4 is 0 Å². The van der Waals surface area contributed by atoms with E-state index < -0.39 is 11.9 Å². The molecule has 7 heteroatoms. The Morgan fingerprint density at radius 3 is 2.50 bits per heavy atom. The molecule has 0 aromatic heterocycles. The summed E-state index contributed by atoms with van der Waals surface area (Å²) in [6, 6.07) is 5.48. The molecular formula is C23H26FN3O3. The highest BCUT2D eigenvalue weighted by Gasteiger charge is 2.53. The van der Waals surface area contributed by atoms with Crippen LogP contribution in [0.4, 0.5) is 4.39 Å². The number of amides is 3. The molecule has 0 radical (unpaired) electrons. The standard InChI is InChI=1S/C23H26FN3O3/c24-18-7-2-1-6-17(18)22(29)26-13-15-12-16(14-26)21(23(30)25-10-3-4-11-25)27-19(15)8-5-9-20(27)28/h1-4,6-7,15-16,19,21H,5,8-14H2/t15-,16+,19-,21+/m0/s1. The van der Waals surface area contributed by atoms with E-state index in [9.17, 15) is 18.8 Å². The Balaban J connectivity index is 1.46. The summed E-state index contributed by atoms with van der Waals surface area (Å²) in [5.74, 6) is -0.810. The predicted molar refractivity (Wildman–Crippen MR) is 108 cm³/mol. The monoisotopic (exact) mass is 411 g/mol. The molecule has 3 saturated heterocycles. The average molecular weight is 411 g/mol. The zero-order chi connectivity index (χ0) is 20.8. The zero-order valence-corrected chi connectivity index (χ0v) is 16.9. The molecule has 4 heterocycles. The Kier molecular flexibility index (Phi) is 4.83. The number of carbonyl (C=O) groups excluding carboxylic acids is 3. The van der Waals surface area contributed by atoms with Crippen LogP contribution in [0.1, 0.15) is 36.0 Å². The van der Waals surface area contributed by atoms with Crippen molar-refractivity contribution >= 4 is 17.7 Å². The minimum atomic E-state index is -0.532. The number of hydrogen-bond acceptors (Lipinski definition) is 3. The summed E-state index contributed by atoms with van der Waals surface area (Å²) < 4.78 is 14.2. The van der Waals surface area contributed by atoms with Crippen molar-refractivity contribution in [2.24, 2.45) is 11.8 Å². The Labute approximate surface area is 175 Å². The summed E-state index contributed by atoms with van der Waals surface area (Å²) in [4.78, 5) is 44.8. The van der Waals surface area contributed by atoms with E-state index in [1.807, 2.05) is 17.1 Å². The zero-order valence-electron chi connectivity index (χ0n) is 16.9. The van der Waals surface area contributed by atoms with Gasteiger partial charge in [-0.25, -0.2) is 4.39 Å². The highest BCUT2D eigenvalue weighted by atomic mass is 19.1. The maximum atomic E-state index is 14.2. The summed E-state index contributed by atoms with van der Waals surface area (Å²) in [6.07, 6.45) is 6.91. The SMILES string of the molecule is O=C(c1ccccc1F)N1C[C@@H]2C[C@H](C1)[C@H](C(=O)N1CC=CC1)N1C(=O)CCC[C@@H]21. The molecule has 2 bridgehead atoms. The minimum absolute atomic E-state index is 0.0242. The largest absolute Gasteiger partial charge is 0.338 e. The molecule has 1 aromatic carbocycles. The van der Waals surface area contributed by atoms with Gasteiger partial charge in [-0.2, -0.15) is 0 Å². The number of halogens is 1. The fraction of sp³-hybridized carbons (Fsp3) is 0.522. The lowest BCUT2D eigenvalue weighted by molar-refractivity contribution is -0.163. The highest BCUT2D eigenvalue weighted by Crippen LogP contribution is 2.42. The molecule has 3 fully saturated rings. The van der Waals surface area contributed by atoms with Gasteiger partial charge in [-0.05, 0) is 37.3 Å². The molecule has 158 valence electrons. The summed E-state index contributed by atoms with van der Waals surface area (Å²) in [5.41, 5.74) is 0.0701. The Morgan fingerprint density at radius 1 is 1.00 bits per heavy atom. The van der Waals surface area contributed by atoms with Crippen molar-refractivity contribution in [1.82, 2.24) is 14.7 Å². The first kappa shape index (κ1) is 19.3. The molecule has 0 unspecified atom stereocenters. The summed E-state index contributed by atoms with van der Waals surface area (Å²) in [5, 5.41) is 0. The number of carbonyl (C=O) groups is 3. The first-order valence-electron chi connectivity index (χ1n) is 10.8. The number of rotatable bonds is 2. The molecule has 0 N–H and O–H groups in total. The molecule has 5 rings (SSSR count). The number of hydrogen-bond donors (Lipinski definition) is 0. The second-order valence-corrected chi connectivity index (χ2v) is 8.87. The number of benzene rings is 1. The van der Waals surface area contributed by atoms with Gasteiger partial charge in [0, 0.05) is 44.6 Å². The Morgan fingerprint density at radius 2 is 1.73 bits per heavy atom. The van der Waals surface area contributed by atoms with Gasteiger partial charge in [0.15, 0.2) is 0 Å². The summed E-state index contributed by atoms with van der Waals surface area (Å²) >= 11 is 0. The van der Waals surface area contributed by atoms with Gasteiger partial charge in [0.1, 0.15) is 11.9 Å². The highest BCUT2D eigenvalue weighted by molar-refractivity contribution is 5.95. The minimum Gasteiger partial charge on any atom is -0.338 e. The number of likely N-dealkylation sites (tertiary alicyclic amines) is 1. The van der Waals surface area contributed by atoms with Crippen LogP contribution >= 0.6 is 0 Å². The predicted octanol–water partition coefficient (Wildman–Crippen LogP) is 2.07. The van der Waals surface area contributed by atoms with Gasteiger partial charge in [-0.3, -0.25) is 14.4 Å². The van der Waals surface area contributed by atoms with Crippen molar-refractivity contribution in [3.63, 3.8) is 0 Å². The molecule has 4 aliphatic heterocycles. The van der Waals surface area contributed by atoms with Crippen molar-refractivity contribution in [2.75, 3.05) is 26.2 Å². The van der Waals surface area contributed by atoms with E-state index in [0.717, 1.165) is 19.3 Å². The van der Waals surface area contributed by atoms with Gasteiger partial charge in [-0.1, -0.05) is 24.3 Å². The van der Waals surface area contributed by atoms with E-state index >= 15 is 0 Å². The van der Waals surface area contributed by atoms with Crippen LogP contribution in [0.25, 0.3) is 0 Å². The summed E-state index contributed by atoms with van der Waals surface area (Å²) in [6.45, 7) is 2.01. The van der Waals surface area contributed by atoms with Crippen LogP contribution in [0.2, 0.25) is 0 Å². The van der Waals surface area contributed by atoms with E-state index in [2.05, 4.69) is 0 Å². The van der Waals surface area contributed by atoms with Crippen LogP contribution in [-0.4, -0.2) is 70.7 Å². The average Bonchev–Trinajstić information content (AvgIpc) is 3.29. The van der Waals surface area contributed by atoms with Crippen molar-refractivity contribution < 1.29 is 18.8 Å². The van der Waals surface area contributed by atoms with E-state index in [-0.39, 0.29) is 41.2 Å². The van der Waals surface area contributed by atoms with E-state index in [0.29, 0.717) is 32.6 Å². The Bertz CT molecular complexity index is 909. The maximum Gasteiger partial charge on any atom is 0.256 e. The van der Waals surface area contributed by atoms with Crippen molar-refractivity contribution in [3.8, 4) is 0 Å². The van der Waals surface area contributed by atoms with Gasteiger partial charge in [0.25, 0.3) is 5.91 Å². The van der Waals surface area contributed by atoms with Gasteiger partial charge >= 0.3 is 0 Å². The number of piperidine rings is 3. The third kappa shape index (κ3) is 3.11. The fourth-order valence-corrected chi connectivity index (χ4v) is 5.79. The van der Waals surface area contributed by atoms with Crippen LogP contribution in [0, 0.1) is 17.7 Å². The topological polar surface area (TPSA) is 60.9 Å². The van der Waals surface area contributed by atoms with Crippen LogP contribution in [-0.2, 0) is 9.59 Å². The third-order valence-corrected chi connectivity index (χ3v) is 7.12. The lowest BCUT2D eigenvalue weighted by Crippen LogP contribution is -2.68. The van der Waals surface area contributed by atoms with E-state index in [1.54, 1.807) is 21.9 Å². The van der Waals surface area contributed by atoms with Crippen LogP contribution in [0.3, 0.4) is 0 Å². The Hall–Kier alpha value is -2.70. The summed E-state index contributed by atoms with van der Waals surface area (Å²) in [7, 11) is 0. The van der Waals surface area contributed by atoms with Crippen molar-refractivity contribution in [3.05, 3.63) is 47.8 Å². The molecule has 3 amide bonds. The number of fused-ring (bicyclic) bond motifs is 4. The van der Waals surface area contributed by atoms with E-state index in [1.165, 1.54) is 12.1 Å². The van der Waals surface area contributed by atoms with Gasteiger partial charge in [0.2, 0.25) is 11.8 Å². The van der Waals surface area contributed by atoms with Crippen molar-refractivity contribution in [2.45, 2.75) is 37.8 Å². The quantitative estimate of drug-likeness (QED) is 0.700. The second-order valence-electron chi connectivity index (χ2n) is 8.87. The molecule has 4 aliphatic rings. The lowest BCUT2D eigenvalue weighted by atomic mass is 9.71. The molecule has 0 saturated carbocycles. The molecule has 6 nitrogen and oxygen atoms in total. The van der Waals surface area contributed by atoms with E-state index in [4.69, 9.17) is 0 Å². The van der Waals surface area contributed by atoms with Gasteiger partial charge < -0.3 is 14.7 Å². The molecular weight excluding hydrogens is 385 g/mol. The fourth-order valence-electron chi connectivity index (χ4n) is 5.79. The molecule has 30 heavy (non-hydrogen) atoms. The smallest absolute Gasteiger partial charge is 0.256 e. The molecule has 1 aromatic rings. The first-order valence-corrected chi connectivity index (χ1v) is 10.8. The molecule has 0 spiro atoms. The molecule has 0 aliphatic carbocycles. The van der Waals surface area contributed by atoms with Gasteiger partial charge in [-0.15, -0.1) is 0 Å². The lowest BCUT2D eigenvalue weighted by Gasteiger charge is -2.56. The third-order valence-electron chi connectivity index (χ3n) is 7.12. The maximum absolute atomic E-state index is 14.2. The van der Waals surface area contributed by atoms with Crippen LogP contribution in [0.5, 0.6) is 0 Å². The number of nitrogens with zero attached hydrogens (tertiary/aromatic N) is 3. The first-order chi connectivity index (χ1) is 14.5. The van der Waals surface area contributed by atoms with Gasteiger partial charge in [0.05, 0.1) is 5.56 Å². The normalized spacial score (nSPS) is 30.4. The second kappa shape index (κ2) is 7.52.